The Balaban J connectivity index is 2.05. The van der Waals surface area contributed by atoms with Crippen LogP contribution in [0.25, 0.3) is 11.3 Å². The summed E-state index contributed by atoms with van der Waals surface area (Å²) in [5.74, 6) is 0.954. The maximum absolute atomic E-state index is 11.7. The predicted octanol–water partition coefficient (Wildman–Crippen LogP) is 4.29. The third kappa shape index (κ3) is 4.59. The number of hydrogen-bond acceptors (Lipinski definition) is 5. The summed E-state index contributed by atoms with van der Waals surface area (Å²) in [7, 11) is 0. The predicted molar refractivity (Wildman–Crippen MR) is 115 cm³/mol. The number of carbonyl (C=O) groups is 1. The minimum absolute atomic E-state index is 0.0500. The van der Waals surface area contributed by atoms with Crippen LogP contribution in [0.1, 0.15) is 33.6 Å². The first-order valence-electron chi connectivity index (χ1n) is 9.48. The topological polar surface area (TPSA) is 68.0 Å². The van der Waals surface area contributed by atoms with E-state index in [1.807, 2.05) is 41.4 Å². The molecule has 1 amide bonds. The standard InChI is InChI=1S/C21H26N4O2S/c1-5-15(6-2)11-23-25-18(13-28-21(25)22-10-14(3)4)16-7-8-19-17(9-16)24-20(26)12-27-19/h7-9,11,13,15H,3,5-6,10,12H2,1-2,4H3,(H,24,26). The number of fused-ring (bicyclic) bond motifs is 1. The van der Waals surface area contributed by atoms with Crippen LogP contribution in [0.15, 0.2) is 45.8 Å². The third-order valence-electron chi connectivity index (χ3n) is 4.52. The Kier molecular flexibility index (Phi) is 6.46. The van der Waals surface area contributed by atoms with E-state index in [4.69, 9.17) is 9.84 Å². The fourth-order valence-electron chi connectivity index (χ4n) is 2.82. The Hall–Kier alpha value is -2.67. The smallest absolute Gasteiger partial charge is 0.262 e. The number of thiazole rings is 1. The monoisotopic (exact) mass is 398 g/mol. The molecule has 0 saturated carbocycles. The SMILES string of the molecule is C=C(C)CN=c1scc(-c2ccc3c(c2)NC(=O)CO3)n1N=CC(CC)CC. The van der Waals surface area contributed by atoms with Gasteiger partial charge in [0.25, 0.3) is 5.91 Å². The molecule has 0 atom stereocenters. The van der Waals surface area contributed by atoms with Crippen molar-refractivity contribution in [2.24, 2.45) is 16.0 Å². The fourth-order valence-corrected chi connectivity index (χ4v) is 3.66. The number of hydrogen-bond donors (Lipinski definition) is 1. The summed E-state index contributed by atoms with van der Waals surface area (Å²) in [5, 5.41) is 9.65. The average molecular weight is 399 g/mol. The number of benzene rings is 1. The van der Waals surface area contributed by atoms with Crippen LogP contribution >= 0.6 is 11.3 Å². The van der Waals surface area contributed by atoms with Crippen LogP contribution in [0.3, 0.4) is 0 Å². The van der Waals surface area contributed by atoms with Crippen LogP contribution in [0.4, 0.5) is 5.69 Å². The van der Waals surface area contributed by atoms with Crippen molar-refractivity contribution in [3.63, 3.8) is 0 Å². The lowest BCUT2D eigenvalue weighted by atomic mass is 10.1. The van der Waals surface area contributed by atoms with E-state index in [-0.39, 0.29) is 12.5 Å². The van der Waals surface area contributed by atoms with Crippen LogP contribution in [0, 0.1) is 5.92 Å². The van der Waals surface area contributed by atoms with Crippen LogP contribution in [-0.4, -0.2) is 29.9 Å². The molecule has 0 fully saturated rings. The Bertz CT molecular complexity index is 967. The fraction of sp³-hybridized carbons (Fsp3) is 0.381. The van der Waals surface area contributed by atoms with E-state index < -0.39 is 0 Å². The molecule has 0 unspecified atom stereocenters. The van der Waals surface area contributed by atoms with Crippen molar-refractivity contribution in [1.82, 2.24) is 4.68 Å². The Labute approximate surface area is 169 Å². The second-order valence-corrected chi connectivity index (χ2v) is 7.71. The average Bonchev–Trinajstić information content (AvgIpc) is 3.09. The summed E-state index contributed by atoms with van der Waals surface area (Å²) in [6.07, 6.45) is 4.08. The summed E-state index contributed by atoms with van der Waals surface area (Å²) in [6.45, 7) is 10.8. The van der Waals surface area contributed by atoms with Gasteiger partial charge >= 0.3 is 0 Å². The normalized spacial score (nSPS) is 14.3. The molecule has 1 N–H and O–H groups in total. The molecule has 2 heterocycles. The highest BCUT2D eigenvalue weighted by Crippen LogP contribution is 2.32. The lowest BCUT2D eigenvalue weighted by molar-refractivity contribution is -0.118. The van der Waals surface area contributed by atoms with Crippen molar-refractivity contribution in [3.8, 4) is 17.0 Å². The van der Waals surface area contributed by atoms with Crippen LogP contribution in [0.5, 0.6) is 5.75 Å². The minimum Gasteiger partial charge on any atom is -0.482 e. The largest absolute Gasteiger partial charge is 0.482 e. The number of nitrogens with zero attached hydrogens (tertiary/aromatic N) is 3. The number of anilines is 1. The lowest BCUT2D eigenvalue weighted by Crippen LogP contribution is -2.25. The molecule has 2 aromatic rings. The van der Waals surface area contributed by atoms with E-state index in [9.17, 15) is 4.79 Å². The van der Waals surface area contributed by atoms with Crippen molar-refractivity contribution in [3.05, 3.63) is 40.5 Å². The van der Waals surface area contributed by atoms with Crippen molar-refractivity contribution in [2.45, 2.75) is 33.6 Å². The zero-order valence-corrected chi connectivity index (χ0v) is 17.4. The summed E-state index contributed by atoms with van der Waals surface area (Å²) in [6, 6.07) is 5.77. The molecule has 0 spiro atoms. The first-order chi connectivity index (χ1) is 13.5. The first-order valence-corrected chi connectivity index (χ1v) is 10.4. The zero-order chi connectivity index (χ0) is 20.1. The van der Waals surface area contributed by atoms with E-state index in [0.717, 1.165) is 34.5 Å². The molecule has 1 aliphatic rings. The zero-order valence-electron chi connectivity index (χ0n) is 16.6. The number of aromatic nitrogens is 1. The summed E-state index contributed by atoms with van der Waals surface area (Å²) in [4.78, 5) is 17.1. The van der Waals surface area contributed by atoms with Gasteiger partial charge in [-0.15, -0.1) is 11.3 Å². The highest BCUT2D eigenvalue weighted by molar-refractivity contribution is 7.07. The van der Waals surface area contributed by atoms with E-state index in [1.165, 1.54) is 0 Å². The van der Waals surface area contributed by atoms with Crippen molar-refractivity contribution in [1.29, 1.82) is 0 Å². The van der Waals surface area contributed by atoms with Gasteiger partial charge in [0.2, 0.25) is 4.80 Å². The highest BCUT2D eigenvalue weighted by Gasteiger charge is 2.17. The van der Waals surface area contributed by atoms with Gasteiger partial charge in [-0.1, -0.05) is 26.0 Å². The van der Waals surface area contributed by atoms with Gasteiger partial charge in [-0.2, -0.15) is 5.10 Å². The van der Waals surface area contributed by atoms with Gasteiger partial charge in [0.1, 0.15) is 5.75 Å². The quantitative estimate of drug-likeness (QED) is 0.558. The van der Waals surface area contributed by atoms with Crippen molar-refractivity contribution in [2.75, 3.05) is 18.5 Å². The number of carbonyl (C=O) groups excluding carboxylic acids is 1. The van der Waals surface area contributed by atoms with Gasteiger partial charge in [-0.05, 0) is 43.9 Å². The van der Waals surface area contributed by atoms with Crippen LogP contribution in [0.2, 0.25) is 0 Å². The van der Waals surface area contributed by atoms with E-state index in [2.05, 4.69) is 30.7 Å². The number of amides is 1. The van der Waals surface area contributed by atoms with Gasteiger partial charge in [0, 0.05) is 17.2 Å². The molecule has 28 heavy (non-hydrogen) atoms. The molecular formula is C21H26N4O2S. The molecular weight excluding hydrogens is 372 g/mol. The molecule has 0 radical (unpaired) electrons. The molecule has 148 valence electrons. The van der Waals surface area contributed by atoms with Crippen molar-refractivity contribution < 1.29 is 9.53 Å². The highest BCUT2D eigenvalue weighted by atomic mass is 32.1. The molecule has 1 aromatic carbocycles. The minimum atomic E-state index is -0.147. The van der Waals surface area contributed by atoms with Gasteiger partial charge in [0.15, 0.2) is 6.61 Å². The number of ether oxygens (including phenoxy) is 1. The van der Waals surface area contributed by atoms with Crippen LogP contribution in [-0.2, 0) is 4.79 Å². The molecule has 1 aliphatic heterocycles. The van der Waals surface area contributed by atoms with Gasteiger partial charge in [0.05, 0.1) is 17.9 Å². The second kappa shape index (κ2) is 9.01. The van der Waals surface area contributed by atoms with Gasteiger partial charge in [-0.25, -0.2) is 4.68 Å². The molecule has 0 bridgehead atoms. The Morgan fingerprint density at radius 1 is 1.43 bits per heavy atom. The molecule has 7 heteroatoms. The lowest BCUT2D eigenvalue weighted by Gasteiger charge is -2.18. The van der Waals surface area contributed by atoms with E-state index in [0.29, 0.717) is 23.9 Å². The van der Waals surface area contributed by atoms with Crippen molar-refractivity contribution >= 4 is 29.1 Å². The van der Waals surface area contributed by atoms with Crippen LogP contribution < -0.4 is 14.9 Å². The molecule has 6 nitrogen and oxygen atoms in total. The van der Waals surface area contributed by atoms with E-state index >= 15 is 0 Å². The number of rotatable bonds is 7. The van der Waals surface area contributed by atoms with Gasteiger partial charge in [-0.3, -0.25) is 9.79 Å². The summed E-state index contributed by atoms with van der Waals surface area (Å²) in [5.41, 5.74) is 3.55. The van der Waals surface area contributed by atoms with E-state index in [1.54, 1.807) is 11.3 Å². The molecule has 1 aromatic heterocycles. The molecule has 0 saturated heterocycles. The summed E-state index contributed by atoms with van der Waals surface area (Å²) < 4.78 is 7.34. The maximum Gasteiger partial charge on any atom is 0.262 e. The third-order valence-corrected chi connectivity index (χ3v) is 5.37. The Morgan fingerprint density at radius 2 is 2.21 bits per heavy atom. The molecule has 3 rings (SSSR count). The molecule has 0 aliphatic carbocycles. The first kappa shape index (κ1) is 20.1. The Morgan fingerprint density at radius 3 is 2.93 bits per heavy atom. The van der Waals surface area contributed by atoms with Gasteiger partial charge < -0.3 is 10.1 Å². The number of nitrogens with one attached hydrogen (secondary N) is 1. The maximum atomic E-state index is 11.7. The summed E-state index contributed by atoms with van der Waals surface area (Å²) >= 11 is 1.54. The second-order valence-electron chi connectivity index (χ2n) is 6.88.